The Morgan fingerprint density at radius 3 is 2.64 bits per heavy atom. The lowest BCUT2D eigenvalue weighted by Gasteiger charge is -2.06. The minimum Gasteiger partial charge on any atom is -0.465 e. The molecule has 0 aliphatic rings. The van der Waals surface area contributed by atoms with Gasteiger partial charge < -0.3 is 9.47 Å². The average Bonchev–Trinajstić information content (AvgIpc) is 2.20. The van der Waals surface area contributed by atoms with Gasteiger partial charge in [0.1, 0.15) is 0 Å². The summed E-state index contributed by atoms with van der Waals surface area (Å²) in [6.07, 6.45) is 0. The van der Waals surface area contributed by atoms with Gasteiger partial charge in [0.15, 0.2) is 0 Å². The van der Waals surface area contributed by atoms with Gasteiger partial charge in [0.05, 0.1) is 19.3 Å². The molecule has 76 valence electrons. The second kappa shape index (κ2) is 4.77. The first kappa shape index (κ1) is 10.7. The lowest BCUT2D eigenvalue weighted by molar-refractivity contribution is 0.0599. The molecule has 0 fully saturated rings. The number of hydrogen-bond acceptors (Lipinski definition) is 3. The molecule has 0 N–H and O–H groups in total. The van der Waals surface area contributed by atoms with E-state index in [4.69, 9.17) is 4.74 Å². The smallest absolute Gasteiger partial charge is 0.338 e. The molecule has 3 heteroatoms. The molecule has 0 saturated heterocycles. The van der Waals surface area contributed by atoms with Crippen LogP contribution in [0.5, 0.6) is 0 Å². The molecule has 14 heavy (non-hydrogen) atoms. The van der Waals surface area contributed by atoms with E-state index in [-0.39, 0.29) is 5.97 Å². The number of rotatable bonds is 3. The molecular weight excluding hydrogens is 180 g/mol. The van der Waals surface area contributed by atoms with E-state index in [2.05, 4.69) is 4.74 Å². The van der Waals surface area contributed by atoms with Gasteiger partial charge in [-0.25, -0.2) is 4.79 Å². The van der Waals surface area contributed by atoms with Crippen LogP contribution in [0.25, 0.3) is 0 Å². The maximum absolute atomic E-state index is 11.3. The predicted octanol–water partition coefficient (Wildman–Crippen LogP) is 1.93. The number of methoxy groups -OCH3 is 2. The number of carbonyl (C=O) groups excluding carboxylic acids is 1. The number of hydrogen-bond donors (Lipinski definition) is 0. The third-order valence-corrected chi connectivity index (χ3v) is 2.02. The summed E-state index contributed by atoms with van der Waals surface area (Å²) in [5, 5.41) is 0. The highest BCUT2D eigenvalue weighted by molar-refractivity contribution is 5.91. The lowest BCUT2D eigenvalue weighted by Crippen LogP contribution is -2.04. The molecular formula is C11H14O3. The Balaban J connectivity index is 3.01. The van der Waals surface area contributed by atoms with Crippen molar-refractivity contribution in [3.05, 3.63) is 34.9 Å². The van der Waals surface area contributed by atoms with Gasteiger partial charge >= 0.3 is 5.97 Å². The maximum Gasteiger partial charge on any atom is 0.338 e. The third-order valence-electron chi connectivity index (χ3n) is 2.02. The van der Waals surface area contributed by atoms with Gasteiger partial charge in [-0.15, -0.1) is 0 Å². The topological polar surface area (TPSA) is 35.5 Å². The van der Waals surface area contributed by atoms with Crippen molar-refractivity contribution >= 4 is 5.97 Å². The van der Waals surface area contributed by atoms with Crippen LogP contribution in [-0.4, -0.2) is 20.2 Å². The Kier molecular flexibility index (Phi) is 3.65. The van der Waals surface area contributed by atoms with Crippen molar-refractivity contribution in [3.63, 3.8) is 0 Å². The highest BCUT2D eigenvalue weighted by Gasteiger charge is 2.09. The molecule has 0 radical (unpaired) electrons. The zero-order valence-corrected chi connectivity index (χ0v) is 8.66. The molecule has 1 rings (SSSR count). The van der Waals surface area contributed by atoms with Crippen LogP contribution in [0.3, 0.4) is 0 Å². The van der Waals surface area contributed by atoms with Crippen LogP contribution in [-0.2, 0) is 16.1 Å². The molecule has 1 aromatic rings. The van der Waals surface area contributed by atoms with Gasteiger partial charge in [-0.1, -0.05) is 12.1 Å². The van der Waals surface area contributed by atoms with E-state index in [0.29, 0.717) is 12.2 Å². The highest BCUT2D eigenvalue weighted by atomic mass is 16.5. The minimum absolute atomic E-state index is 0.305. The Morgan fingerprint density at radius 2 is 2.07 bits per heavy atom. The molecule has 0 aliphatic carbocycles. The zero-order valence-electron chi connectivity index (χ0n) is 8.66. The van der Waals surface area contributed by atoms with E-state index in [1.54, 1.807) is 13.2 Å². The molecule has 0 heterocycles. The van der Waals surface area contributed by atoms with Gasteiger partial charge in [-0.3, -0.25) is 0 Å². The van der Waals surface area contributed by atoms with E-state index in [1.807, 2.05) is 19.1 Å². The van der Waals surface area contributed by atoms with Gasteiger partial charge in [0.2, 0.25) is 0 Å². The number of ether oxygens (including phenoxy) is 2. The SMILES string of the molecule is COCc1ccc(C)c(C(=O)OC)c1. The van der Waals surface area contributed by atoms with Crippen molar-refractivity contribution in [2.45, 2.75) is 13.5 Å². The van der Waals surface area contributed by atoms with Crippen molar-refractivity contribution in [2.24, 2.45) is 0 Å². The summed E-state index contributed by atoms with van der Waals surface area (Å²) in [6, 6.07) is 5.62. The normalized spacial score (nSPS) is 9.93. The van der Waals surface area contributed by atoms with Crippen LogP contribution >= 0.6 is 0 Å². The van der Waals surface area contributed by atoms with Gasteiger partial charge in [-0.2, -0.15) is 0 Å². The first-order chi connectivity index (χ1) is 6.69. The van der Waals surface area contributed by atoms with Gasteiger partial charge in [0, 0.05) is 7.11 Å². The predicted molar refractivity (Wildman–Crippen MR) is 53.2 cm³/mol. The van der Waals surface area contributed by atoms with Crippen LogP contribution in [0.1, 0.15) is 21.5 Å². The summed E-state index contributed by atoms with van der Waals surface area (Å²) >= 11 is 0. The van der Waals surface area contributed by atoms with E-state index in [9.17, 15) is 4.79 Å². The Morgan fingerprint density at radius 1 is 1.36 bits per heavy atom. The largest absolute Gasteiger partial charge is 0.465 e. The highest BCUT2D eigenvalue weighted by Crippen LogP contribution is 2.12. The molecule has 0 aliphatic heterocycles. The fourth-order valence-electron chi connectivity index (χ4n) is 1.26. The van der Waals surface area contributed by atoms with Crippen molar-refractivity contribution in [1.82, 2.24) is 0 Å². The number of esters is 1. The number of carbonyl (C=O) groups is 1. The first-order valence-corrected chi connectivity index (χ1v) is 4.36. The summed E-state index contributed by atoms with van der Waals surface area (Å²) in [5.41, 5.74) is 2.48. The number of aryl methyl sites for hydroxylation is 1. The lowest BCUT2D eigenvalue weighted by atomic mass is 10.1. The molecule has 0 unspecified atom stereocenters. The molecule has 0 amide bonds. The maximum atomic E-state index is 11.3. The molecule has 0 atom stereocenters. The fraction of sp³-hybridized carbons (Fsp3) is 0.364. The molecule has 1 aromatic carbocycles. The van der Waals surface area contributed by atoms with E-state index >= 15 is 0 Å². The second-order valence-corrected chi connectivity index (χ2v) is 3.07. The van der Waals surface area contributed by atoms with E-state index < -0.39 is 0 Å². The average molecular weight is 194 g/mol. The van der Waals surface area contributed by atoms with Crippen molar-refractivity contribution < 1.29 is 14.3 Å². The first-order valence-electron chi connectivity index (χ1n) is 4.36. The van der Waals surface area contributed by atoms with Gasteiger partial charge in [-0.05, 0) is 24.1 Å². The molecule has 0 aromatic heterocycles. The summed E-state index contributed by atoms with van der Waals surface area (Å²) in [7, 11) is 3.00. The van der Waals surface area contributed by atoms with Crippen molar-refractivity contribution in [3.8, 4) is 0 Å². The quantitative estimate of drug-likeness (QED) is 0.690. The number of benzene rings is 1. The standard InChI is InChI=1S/C11H14O3/c1-8-4-5-9(7-13-2)6-10(8)11(12)14-3/h4-6H,7H2,1-3H3. The molecule has 0 saturated carbocycles. The second-order valence-electron chi connectivity index (χ2n) is 3.07. The van der Waals surface area contributed by atoms with Crippen LogP contribution in [0, 0.1) is 6.92 Å². The molecule has 0 bridgehead atoms. The van der Waals surface area contributed by atoms with Gasteiger partial charge in [0.25, 0.3) is 0 Å². The minimum atomic E-state index is -0.305. The molecule has 0 spiro atoms. The summed E-state index contributed by atoms with van der Waals surface area (Å²) in [4.78, 5) is 11.3. The Hall–Kier alpha value is -1.35. The third kappa shape index (κ3) is 2.33. The van der Waals surface area contributed by atoms with Crippen LogP contribution < -0.4 is 0 Å². The van der Waals surface area contributed by atoms with Crippen LogP contribution in [0.15, 0.2) is 18.2 Å². The van der Waals surface area contributed by atoms with E-state index in [0.717, 1.165) is 11.1 Å². The molecule has 3 nitrogen and oxygen atoms in total. The van der Waals surface area contributed by atoms with Crippen LogP contribution in [0.2, 0.25) is 0 Å². The van der Waals surface area contributed by atoms with Crippen molar-refractivity contribution in [2.75, 3.05) is 14.2 Å². The Labute approximate surface area is 83.6 Å². The van der Waals surface area contributed by atoms with Crippen molar-refractivity contribution in [1.29, 1.82) is 0 Å². The summed E-state index contributed by atoms with van der Waals surface area (Å²) in [5.74, 6) is -0.305. The van der Waals surface area contributed by atoms with E-state index in [1.165, 1.54) is 7.11 Å². The monoisotopic (exact) mass is 194 g/mol. The summed E-state index contributed by atoms with van der Waals surface area (Å²) < 4.78 is 9.65. The fourth-order valence-corrected chi connectivity index (χ4v) is 1.26. The Bertz CT molecular complexity index is 331. The summed E-state index contributed by atoms with van der Waals surface area (Å²) in [6.45, 7) is 2.38. The van der Waals surface area contributed by atoms with Crippen LogP contribution in [0.4, 0.5) is 0 Å². The zero-order chi connectivity index (χ0) is 10.6.